The molecule has 0 unspecified atom stereocenters. The fourth-order valence-electron chi connectivity index (χ4n) is 1.69. The molecule has 0 radical (unpaired) electrons. The second-order valence-electron chi connectivity index (χ2n) is 3.99. The summed E-state index contributed by atoms with van der Waals surface area (Å²) in [5.41, 5.74) is 2.31. The van der Waals surface area contributed by atoms with Crippen LogP contribution in [-0.4, -0.2) is 27.0 Å². The lowest BCUT2D eigenvalue weighted by Crippen LogP contribution is -2.08. The number of halogens is 1. The smallest absolute Gasteiger partial charge is 0.176 e. The molecule has 0 atom stereocenters. The second-order valence-corrected chi connectivity index (χ2v) is 6.83. The van der Waals surface area contributed by atoms with Gasteiger partial charge in [-0.3, -0.25) is 0 Å². The average Bonchev–Trinajstić information content (AvgIpc) is 2.73. The first-order valence-electron chi connectivity index (χ1n) is 5.09. The maximum Gasteiger partial charge on any atom is 0.176 e. The quantitative estimate of drug-likeness (QED) is 0.841. The third-order valence-corrected chi connectivity index (χ3v) is 4.57. The molecule has 92 valence electrons. The minimum absolute atomic E-state index is 0.291. The Morgan fingerprint density at radius 1 is 1.41 bits per heavy atom. The van der Waals surface area contributed by atoms with Gasteiger partial charge in [0.05, 0.1) is 10.6 Å². The monoisotopic (exact) mass is 317 g/mol. The van der Waals surface area contributed by atoms with Gasteiger partial charge in [0.25, 0.3) is 0 Å². The molecule has 1 aromatic rings. The Balaban J connectivity index is 2.68. The predicted molar refractivity (Wildman–Crippen MR) is 69.1 cm³/mol. The van der Waals surface area contributed by atoms with Crippen molar-refractivity contribution in [2.75, 3.05) is 12.9 Å². The Morgan fingerprint density at radius 3 is 2.65 bits per heavy atom. The maximum absolute atomic E-state index is 11.8. The molecule has 0 amide bonds. The van der Waals surface area contributed by atoms with E-state index in [1.54, 1.807) is 6.07 Å². The number of sulfone groups is 1. The van der Waals surface area contributed by atoms with E-state index in [0.29, 0.717) is 29.2 Å². The summed E-state index contributed by atoms with van der Waals surface area (Å²) in [5, 5.41) is 3.89. The van der Waals surface area contributed by atoms with E-state index in [-0.39, 0.29) is 0 Å². The molecule has 0 fully saturated rings. The highest BCUT2D eigenvalue weighted by molar-refractivity contribution is 9.10. The van der Waals surface area contributed by atoms with Crippen LogP contribution in [0, 0.1) is 6.92 Å². The molecule has 0 saturated heterocycles. The van der Waals surface area contributed by atoms with Crippen molar-refractivity contribution in [3.05, 3.63) is 27.7 Å². The summed E-state index contributed by atoms with van der Waals surface area (Å²) < 4.78 is 24.3. The molecule has 0 aromatic heterocycles. The van der Waals surface area contributed by atoms with Crippen LogP contribution < -0.4 is 0 Å². The van der Waals surface area contributed by atoms with E-state index in [2.05, 4.69) is 21.1 Å². The van der Waals surface area contributed by atoms with Gasteiger partial charge < -0.3 is 4.84 Å². The minimum Gasteiger partial charge on any atom is -0.395 e. The molecular weight excluding hydrogens is 306 g/mol. The van der Waals surface area contributed by atoms with Crippen molar-refractivity contribution in [3.8, 4) is 0 Å². The fourth-order valence-corrected chi connectivity index (χ4v) is 3.09. The number of oxime groups is 1. The van der Waals surface area contributed by atoms with Gasteiger partial charge in [0.1, 0.15) is 6.61 Å². The average molecular weight is 318 g/mol. The molecule has 1 aromatic carbocycles. The van der Waals surface area contributed by atoms with Crippen LogP contribution in [0.1, 0.15) is 17.5 Å². The van der Waals surface area contributed by atoms with Crippen molar-refractivity contribution in [1.29, 1.82) is 0 Å². The van der Waals surface area contributed by atoms with Crippen molar-refractivity contribution < 1.29 is 13.3 Å². The van der Waals surface area contributed by atoms with Gasteiger partial charge in [-0.15, -0.1) is 0 Å². The van der Waals surface area contributed by atoms with Crippen LogP contribution in [0.15, 0.2) is 26.7 Å². The first-order valence-corrected chi connectivity index (χ1v) is 7.77. The zero-order chi connectivity index (χ0) is 12.6. The normalized spacial score (nSPS) is 15.6. The van der Waals surface area contributed by atoms with Gasteiger partial charge in [-0.25, -0.2) is 8.42 Å². The van der Waals surface area contributed by atoms with Gasteiger partial charge in [-0.05, 0) is 24.6 Å². The standard InChI is InChI=1S/C11H12BrNO3S/c1-7-5-8(10-3-4-16-13-10)11(6-9(7)12)17(2,14)15/h5-6H,3-4H2,1-2H3. The lowest BCUT2D eigenvalue weighted by Gasteiger charge is -2.09. The highest BCUT2D eigenvalue weighted by atomic mass is 79.9. The fraction of sp³-hybridized carbons (Fsp3) is 0.364. The molecule has 0 spiro atoms. The van der Waals surface area contributed by atoms with Gasteiger partial charge in [-0.2, -0.15) is 0 Å². The van der Waals surface area contributed by atoms with Crippen molar-refractivity contribution in [2.45, 2.75) is 18.2 Å². The molecule has 0 saturated carbocycles. The number of hydrogen-bond donors (Lipinski definition) is 0. The number of aryl methyl sites for hydroxylation is 1. The van der Waals surface area contributed by atoms with E-state index in [1.807, 2.05) is 13.0 Å². The first kappa shape index (κ1) is 12.6. The Hall–Kier alpha value is -0.880. The Morgan fingerprint density at radius 2 is 2.12 bits per heavy atom. The Bertz CT molecular complexity index is 593. The predicted octanol–water partition coefficient (Wildman–Crippen LogP) is 2.29. The molecule has 0 bridgehead atoms. The number of benzene rings is 1. The van der Waals surface area contributed by atoms with E-state index >= 15 is 0 Å². The maximum atomic E-state index is 11.8. The summed E-state index contributed by atoms with van der Waals surface area (Å²) in [6.45, 7) is 2.42. The summed E-state index contributed by atoms with van der Waals surface area (Å²) in [6.07, 6.45) is 1.84. The van der Waals surface area contributed by atoms with E-state index in [4.69, 9.17) is 4.84 Å². The van der Waals surface area contributed by atoms with E-state index in [1.165, 1.54) is 6.26 Å². The summed E-state index contributed by atoms with van der Waals surface area (Å²) in [4.78, 5) is 5.22. The van der Waals surface area contributed by atoms with Crippen LogP contribution in [0.2, 0.25) is 0 Å². The first-order chi connectivity index (χ1) is 7.89. The summed E-state index contributed by atoms with van der Waals surface area (Å²) >= 11 is 3.35. The lowest BCUT2D eigenvalue weighted by molar-refractivity contribution is 0.174. The number of hydrogen-bond acceptors (Lipinski definition) is 4. The van der Waals surface area contributed by atoms with Crippen LogP contribution in [0.5, 0.6) is 0 Å². The second kappa shape index (κ2) is 4.42. The molecule has 1 aliphatic heterocycles. The van der Waals surface area contributed by atoms with Gasteiger partial charge in [-0.1, -0.05) is 21.1 Å². The summed E-state index contributed by atoms with van der Waals surface area (Å²) in [5.74, 6) is 0. The minimum atomic E-state index is -3.28. The summed E-state index contributed by atoms with van der Waals surface area (Å²) in [6, 6.07) is 3.45. The molecule has 1 aliphatic rings. The van der Waals surface area contributed by atoms with Gasteiger partial charge in [0.15, 0.2) is 9.84 Å². The van der Waals surface area contributed by atoms with Crippen LogP contribution in [0.4, 0.5) is 0 Å². The Kier molecular flexibility index (Phi) is 3.27. The largest absolute Gasteiger partial charge is 0.395 e. The van der Waals surface area contributed by atoms with Crippen LogP contribution in [0.3, 0.4) is 0 Å². The topological polar surface area (TPSA) is 55.7 Å². The highest BCUT2D eigenvalue weighted by Gasteiger charge is 2.21. The van der Waals surface area contributed by atoms with E-state index in [9.17, 15) is 8.42 Å². The molecule has 0 N–H and O–H groups in total. The molecule has 6 heteroatoms. The molecule has 4 nitrogen and oxygen atoms in total. The number of rotatable bonds is 2. The third kappa shape index (κ3) is 2.52. The lowest BCUT2D eigenvalue weighted by atomic mass is 10.1. The van der Waals surface area contributed by atoms with Gasteiger partial charge in [0.2, 0.25) is 0 Å². The molecule has 17 heavy (non-hydrogen) atoms. The molecular formula is C11H12BrNO3S. The highest BCUT2D eigenvalue weighted by Crippen LogP contribution is 2.27. The van der Waals surface area contributed by atoms with Crippen LogP contribution in [-0.2, 0) is 14.7 Å². The number of nitrogens with zero attached hydrogens (tertiary/aromatic N) is 1. The van der Waals surface area contributed by atoms with Crippen molar-refractivity contribution in [1.82, 2.24) is 0 Å². The van der Waals surface area contributed by atoms with Crippen molar-refractivity contribution in [3.63, 3.8) is 0 Å². The third-order valence-electron chi connectivity index (χ3n) is 2.58. The molecule has 1 heterocycles. The SMILES string of the molecule is Cc1cc(C2=NOCC2)c(S(C)(=O)=O)cc1Br. The molecule has 2 rings (SSSR count). The zero-order valence-corrected chi connectivity index (χ0v) is 11.9. The van der Waals surface area contributed by atoms with Crippen LogP contribution in [0.25, 0.3) is 0 Å². The van der Waals surface area contributed by atoms with E-state index in [0.717, 1.165) is 10.0 Å². The Labute approximate surface area is 109 Å². The van der Waals surface area contributed by atoms with Gasteiger partial charge in [0, 0.05) is 22.7 Å². The molecule has 0 aliphatic carbocycles. The zero-order valence-electron chi connectivity index (χ0n) is 9.53. The van der Waals surface area contributed by atoms with E-state index < -0.39 is 9.84 Å². The van der Waals surface area contributed by atoms with Gasteiger partial charge >= 0.3 is 0 Å². The summed E-state index contributed by atoms with van der Waals surface area (Å²) in [7, 11) is -3.28. The van der Waals surface area contributed by atoms with Crippen molar-refractivity contribution in [2.24, 2.45) is 5.16 Å². The van der Waals surface area contributed by atoms with Crippen LogP contribution >= 0.6 is 15.9 Å². The van der Waals surface area contributed by atoms with Crippen molar-refractivity contribution >= 4 is 31.5 Å².